The molecule has 0 bridgehead atoms. The number of hydrogen-bond acceptors (Lipinski definition) is 1. The van der Waals surface area contributed by atoms with Crippen molar-refractivity contribution in [2.75, 3.05) is 11.9 Å². The van der Waals surface area contributed by atoms with E-state index < -0.39 is 0 Å². The molecule has 0 radical (unpaired) electrons. The molecule has 3 rings (SSSR count). The summed E-state index contributed by atoms with van der Waals surface area (Å²) in [4.78, 5) is 0. The van der Waals surface area contributed by atoms with E-state index in [0.29, 0.717) is 11.6 Å². The van der Waals surface area contributed by atoms with Crippen LogP contribution in [0.15, 0.2) is 46.9 Å². The quantitative estimate of drug-likeness (QED) is 0.821. The van der Waals surface area contributed by atoms with Crippen LogP contribution in [-0.2, 0) is 6.42 Å². The number of fused-ring (bicyclic) bond motifs is 1. The first-order valence-corrected chi connectivity index (χ1v) is 7.80. The summed E-state index contributed by atoms with van der Waals surface area (Å²) in [5, 5.41) is 3.25. The summed E-state index contributed by atoms with van der Waals surface area (Å²) in [6.07, 6.45) is 3.55. The molecule has 1 aliphatic rings. The van der Waals surface area contributed by atoms with E-state index in [1.54, 1.807) is 6.07 Å². The lowest BCUT2D eigenvalue weighted by Crippen LogP contribution is -2.18. The van der Waals surface area contributed by atoms with Crippen LogP contribution in [0.25, 0.3) is 0 Å². The lowest BCUT2D eigenvalue weighted by molar-refractivity contribution is 0.568. The Labute approximate surface area is 127 Å². The lowest BCUT2D eigenvalue weighted by Gasteiger charge is -2.26. The van der Waals surface area contributed by atoms with E-state index in [9.17, 15) is 4.39 Å². The van der Waals surface area contributed by atoms with E-state index >= 15 is 0 Å². The third kappa shape index (κ3) is 2.88. The van der Waals surface area contributed by atoms with Gasteiger partial charge in [-0.15, -0.1) is 0 Å². The first-order chi connectivity index (χ1) is 9.74. The number of benzene rings is 2. The summed E-state index contributed by atoms with van der Waals surface area (Å²) in [5.74, 6) is 0.270. The monoisotopic (exact) mass is 333 g/mol. The smallest absolute Gasteiger partial charge is 0.147 e. The molecule has 0 aromatic heterocycles. The molecule has 1 nitrogen and oxygen atoms in total. The third-order valence-corrected chi connectivity index (χ3v) is 4.46. The van der Waals surface area contributed by atoms with Crippen LogP contribution in [0.5, 0.6) is 0 Å². The zero-order valence-corrected chi connectivity index (χ0v) is 12.8. The zero-order valence-electron chi connectivity index (χ0n) is 11.2. The predicted molar refractivity (Wildman–Crippen MR) is 84.7 cm³/mol. The minimum absolute atomic E-state index is 0.205. The Bertz CT molecular complexity index is 612. The standard InChI is InChI=1S/C17H17BrFN/c18-14-8-9-17(16(19)10-14)20-11-13-6-3-5-12-4-1-2-7-15(12)13/h1-2,4,7-10,13,20H,3,5-6,11H2. The molecule has 0 aliphatic heterocycles. The normalized spacial score (nSPS) is 17.6. The zero-order chi connectivity index (χ0) is 13.9. The van der Waals surface area contributed by atoms with E-state index in [4.69, 9.17) is 0 Å². The highest BCUT2D eigenvalue weighted by atomic mass is 79.9. The maximum absolute atomic E-state index is 13.8. The van der Waals surface area contributed by atoms with Crippen molar-refractivity contribution >= 4 is 21.6 Å². The average molecular weight is 334 g/mol. The fourth-order valence-electron chi connectivity index (χ4n) is 2.93. The van der Waals surface area contributed by atoms with E-state index in [2.05, 4.69) is 45.5 Å². The maximum Gasteiger partial charge on any atom is 0.147 e. The van der Waals surface area contributed by atoms with Gasteiger partial charge in [0.25, 0.3) is 0 Å². The van der Waals surface area contributed by atoms with Crippen LogP contribution >= 0.6 is 15.9 Å². The Morgan fingerprint density at radius 2 is 2.05 bits per heavy atom. The van der Waals surface area contributed by atoms with Gasteiger partial charge in [0.05, 0.1) is 5.69 Å². The highest BCUT2D eigenvalue weighted by molar-refractivity contribution is 9.10. The summed E-state index contributed by atoms with van der Waals surface area (Å²) in [5.41, 5.74) is 3.45. The predicted octanol–water partition coefficient (Wildman–Crippen LogP) is 5.12. The van der Waals surface area contributed by atoms with Crippen LogP contribution < -0.4 is 5.32 Å². The number of rotatable bonds is 3. The minimum atomic E-state index is -0.205. The van der Waals surface area contributed by atoms with Gasteiger partial charge in [-0.1, -0.05) is 40.2 Å². The van der Waals surface area contributed by atoms with Gasteiger partial charge in [0.2, 0.25) is 0 Å². The van der Waals surface area contributed by atoms with Gasteiger partial charge in [0.1, 0.15) is 5.82 Å². The molecule has 0 saturated carbocycles. The maximum atomic E-state index is 13.8. The molecule has 2 aromatic carbocycles. The average Bonchev–Trinajstić information content (AvgIpc) is 2.46. The van der Waals surface area contributed by atoms with Crippen LogP contribution in [0.1, 0.15) is 29.9 Å². The van der Waals surface area contributed by atoms with Crippen molar-refractivity contribution in [2.24, 2.45) is 0 Å². The van der Waals surface area contributed by atoms with Crippen LogP contribution in [0.4, 0.5) is 10.1 Å². The number of halogens is 2. The minimum Gasteiger partial charge on any atom is -0.382 e. The van der Waals surface area contributed by atoms with Gasteiger partial charge in [-0.25, -0.2) is 4.39 Å². The molecule has 1 aliphatic carbocycles. The van der Waals surface area contributed by atoms with Gasteiger partial charge in [-0.2, -0.15) is 0 Å². The molecule has 0 amide bonds. The van der Waals surface area contributed by atoms with Gasteiger partial charge >= 0.3 is 0 Å². The van der Waals surface area contributed by atoms with Crippen molar-refractivity contribution in [2.45, 2.75) is 25.2 Å². The van der Waals surface area contributed by atoms with Crippen molar-refractivity contribution < 1.29 is 4.39 Å². The molecule has 104 valence electrons. The summed E-state index contributed by atoms with van der Waals surface area (Å²) in [6.45, 7) is 0.787. The fourth-order valence-corrected chi connectivity index (χ4v) is 3.27. The second-order valence-electron chi connectivity index (χ2n) is 5.29. The molecule has 2 aromatic rings. The molecule has 20 heavy (non-hydrogen) atoms. The lowest BCUT2D eigenvalue weighted by atomic mass is 9.83. The van der Waals surface area contributed by atoms with E-state index in [0.717, 1.165) is 11.0 Å². The molecule has 0 fully saturated rings. The Balaban J connectivity index is 1.73. The summed E-state index contributed by atoms with van der Waals surface area (Å²) in [6, 6.07) is 13.8. The van der Waals surface area contributed by atoms with Crippen LogP contribution in [0.3, 0.4) is 0 Å². The summed E-state index contributed by atoms with van der Waals surface area (Å²) in [7, 11) is 0. The van der Waals surface area contributed by atoms with Crippen molar-refractivity contribution in [1.29, 1.82) is 0 Å². The number of anilines is 1. The number of hydrogen-bond donors (Lipinski definition) is 1. The van der Waals surface area contributed by atoms with Gasteiger partial charge in [0, 0.05) is 16.9 Å². The Morgan fingerprint density at radius 1 is 1.20 bits per heavy atom. The fraction of sp³-hybridized carbons (Fsp3) is 0.294. The number of nitrogens with one attached hydrogen (secondary N) is 1. The van der Waals surface area contributed by atoms with Gasteiger partial charge in [0.15, 0.2) is 0 Å². The Morgan fingerprint density at radius 3 is 2.90 bits per heavy atom. The highest BCUT2D eigenvalue weighted by Gasteiger charge is 2.19. The molecule has 1 atom stereocenters. The van der Waals surface area contributed by atoms with Crippen molar-refractivity contribution in [1.82, 2.24) is 0 Å². The molecular weight excluding hydrogens is 317 g/mol. The van der Waals surface area contributed by atoms with Crippen molar-refractivity contribution in [3.8, 4) is 0 Å². The van der Waals surface area contributed by atoms with Crippen molar-refractivity contribution in [3.63, 3.8) is 0 Å². The topological polar surface area (TPSA) is 12.0 Å². The molecule has 0 spiro atoms. The molecular formula is C17H17BrFN. The first-order valence-electron chi connectivity index (χ1n) is 7.01. The molecule has 1 unspecified atom stereocenters. The second-order valence-corrected chi connectivity index (χ2v) is 6.21. The Kier molecular flexibility index (Phi) is 4.06. The highest BCUT2D eigenvalue weighted by Crippen LogP contribution is 2.32. The van der Waals surface area contributed by atoms with Crippen LogP contribution in [0.2, 0.25) is 0 Å². The Hall–Kier alpha value is -1.35. The SMILES string of the molecule is Fc1cc(Br)ccc1NCC1CCCc2ccccc21. The van der Waals surface area contributed by atoms with Gasteiger partial charge in [-0.05, 0) is 48.6 Å². The molecule has 0 saturated heterocycles. The van der Waals surface area contributed by atoms with Gasteiger partial charge < -0.3 is 5.32 Å². The first kappa shape index (κ1) is 13.6. The van der Waals surface area contributed by atoms with Gasteiger partial charge in [-0.3, -0.25) is 0 Å². The summed E-state index contributed by atoms with van der Waals surface area (Å²) >= 11 is 3.28. The summed E-state index contributed by atoms with van der Waals surface area (Å²) < 4.78 is 14.6. The van der Waals surface area contributed by atoms with E-state index in [1.165, 1.54) is 36.5 Å². The van der Waals surface area contributed by atoms with E-state index in [1.807, 2.05) is 6.07 Å². The third-order valence-electron chi connectivity index (χ3n) is 3.96. The van der Waals surface area contributed by atoms with Crippen molar-refractivity contribution in [3.05, 3.63) is 63.9 Å². The molecule has 1 N–H and O–H groups in total. The second kappa shape index (κ2) is 5.96. The largest absolute Gasteiger partial charge is 0.382 e. The number of aryl methyl sites for hydroxylation is 1. The molecule has 3 heteroatoms. The van der Waals surface area contributed by atoms with E-state index in [-0.39, 0.29) is 5.82 Å². The molecule has 0 heterocycles. The van der Waals surface area contributed by atoms with Crippen LogP contribution in [0, 0.1) is 5.82 Å². The van der Waals surface area contributed by atoms with Crippen LogP contribution in [-0.4, -0.2) is 6.54 Å².